The van der Waals surface area contributed by atoms with E-state index in [1.165, 1.54) is 6.20 Å². The molecule has 0 atom stereocenters. The van der Waals surface area contributed by atoms with Crippen molar-refractivity contribution in [1.82, 2.24) is 15.2 Å². The number of nitrogens with one attached hydrogen (secondary N) is 2. The summed E-state index contributed by atoms with van der Waals surface area (Å²) in [7, 11) is 0. The minimum atomic E-state index is -4.60. The van der Waals surface area contributed by atoms with Crippen LogP contribution in [0, 0.1) is 6.92 Å². The number of H-pyrrole nitrogens is 1. The molecule has 0 saturated heterocycles. The highest BCUT2D eigenvalue weighted by Crippen LogP contribution is 2.29. The summed E-state index contributed by atoms with van der Waals surface area (Å²) in [5.74, 6) is -1.07. The van der Waals surface area contributed by atoms with Gasteiger partial charge in [0.1, 0.15) is 11.5 Å². The Hall–Kier alpha value is -2.58. The number of hydrogen-bond acceptors (Lipinski definition) is 4. The molecule has 2 aromatic rings. The topological polar surface area (TPSA) is 96.7 Å². The fraction of sp³-hybridized carbons (Fsp3) is 0.250. The normalized spacial score (nSPS) is 11.4. The van der Waals surface area contributed by atoms with E-state index in [2.05, 4.69) is 20.5 Å². The Morgan fingerprint density at radius 3 is 2.67 bits per heavy atom. The van der Waals surface area contributed by atoms with Crippen LogP contribution in [0.1, 0.15) is 27.3 Å². The standard InChI is InChI=1S/C12H12F3N5O/c1-6-7(5-18-20-6)4-17-11-8(10(16)21)2-3-9(19-11)12(13,14)15/h2-3,5H,4H2,1H3,(H2,16,21)(H,17,19)(H,18,20). The van der Waals surface area contributed by atoms with Gasteiger partial charge >= 0.3 is 6.18 Å². The molecular weight excluding hydrogens is 287 g/mol. The summed E-state index contributed by atoms with van der Waals surface area (Å²) >= 11 is 0. The smallest absolute Gasteiger partial charge is 0.365 e. The Morgan fingerprint density at radius 1 is 1.43 bits per heavy atom. The number of carbonyl (C=O) groups excluding carboxylic acids is 1. The lowest BCUT2D eigenvalue weighted by Gasteiger charge is -2.12. The van der Waals surface area contributed by atoms with E-state index in [1.807, 2.05) is 0 Å². The summed E-state index contributed by atoms with van der Waals surface area (Å²) < 4.78 is 38.0. The average molecular weight is 299 g/mol. The molecule has 1 amide bonds. The number of primary amides is 1. The number of anilines is 1. The monoisotopic (exact) mass is 299 g/mol. The number of pyridine rings is 1. The number of carbonyl (C=O) groups is 1. The number of nitrogens with zero attached hydrogens (tertiary/aromatic N) is 2. The Bertz CT molecular complexity index is 665. The molecule has 6 nitrogen and oxygen atoms in total. The first-order chi connectivity index (χ1) is 9.79. The summed E-state index contributed by atoms with van der Waals surface area (Å²) in [6.07, 6.45) is -3.07. The highest BCUT2D eigenvalue weighted by Gasteiger charge is 2.33. The number of hydrogen-bond donors (Lipinski definition) is 3. The first-order valence-corrected chi connectivity index (χ1v) is 5.90. The van der Waals surface area contributed by atoms with Crippen molar-refractivity contribution in [2.45, 2.75) is 19.6 Å². The number of rotatable bonds is 4. The summed E-state index contributed by atoms with van der Waals surface area (Å²) in [5.41, 5.74) is 5.43. The van der Waals surface area contributed by atoms with Gasteiger partial charge in [-0.05, 0) is 19.1 Å². The summed E-state index contributed by atoms with van der Waals surface area (Å²) in [4.78, 5) is 14.7. The maximum atomic E-state index is 12.7. The highest BCUT2D eigenvalue weighted by atomic mass is 19.4. The molecule has 0 aliphatic carbocycles. The largest absolute Gasteiger partial charge is 0.433 e. The van der Waals surface area contributed by atoms with Crippen molar-refractivity contribution in [3.05, 3.63) is 40.8 Å². The molecule has 0 fully saturated rings. The maximum absolute atomic E-state index is 12.7. The van der Waals surface area contributed by atoms with Gasteiger partial charge in [0, 0.05) is 17.8 Å². The van der Waals surface area contributed by atoms with Crippen LogP contribution in [0.15, 0.2) is 18.3 Å². The fourth-order valence-electron chi connectivity index (χ4n) is 1.68. The van der Waals surface area contributed by atoms with Gasteiger partial charge in [-0.15, -0.1) is 0 Å². The molecule has 9 heteroatoms. The molecule has 0 unspecified atom stereocenters. The van der Waals surface area contributed by atoms with Crippen LogP contribution in [0.4, 0.5) is 19.0 Å². The number of halogens is 3. The molecule has 2 aromatic heterocycles. The lowest BCUT2D eigenvalue weighted by molar-refractivity contribution is -0.141. The third-order valence-corrected chi connectivity index (χ3v) is 2.83. The number of aromatic nitrogens is 3. The Morgan fingerprint density at radius 2 is 2.14 bits per heavy atom. The molecule has 0 aromatic carbocycles. The molecule has 112 valence electrons. The van der Waals surface area contributed by atoms with Crippen molar-refractivity contribution >= 4 is 11.7 Å². The van der Waals surface area contributed by atoms with E-state index in [-0.39, 0.29) is 17.9 Å². The second kappa shape index (κ2) is 5.43. The van der Waals surface area contributed by atoms with E-state index >= 15 is 0 Å². The molecule has 2 rings (SSSR count). The average Bonchev–Trinajstić information content (AvgIpc) is 2.80. The van der Waals surface area contributed by atoms with Crippen molar-refractivity contribution in [1.29, 1.82) is 0 Å². The maximum Gasteiger partial charge on any atom is 0.433 e. The quantitative estimate of drug-likeness (QED) is 0.802. The van der Waals surface area contributed by atoms with E-state index in [0.29, 0.717) is 6.07 Å². The molecule has 0 aliphatic heterocycles. The molecule has 0 spiro atoms. The van der Waals surface area contributed by atoms with Crippen molar-refractivity contribution in [3.8, 4) is 0 Å². The predicted octanol–water partition coefficient (Wildman–Crippen LogP) is 1.84. The van der Waals surface area contributed by atoms with Gasteiger partial charge in [-0.2, -0.15) is 18.3 Å². The van der Waals surface area contributed by atoms with Crippen LogP contribution in [0.5, 0.6) is 0 Å². The van der Waals surface area contributed by atoms with Crippen LogP contribution in [-0.2, 0) is 12.7 Å². The number of aryl methyl sites for hydroxylation is 1. The fourth-order valence-corrected chi connectivity index (χ4v) is 1.68. The second-order valence-corrected chi connectivity index (χ2v) is 4.33. The van der Waals surface area contributed by atoms with Gasteiger partial charge in [0.15, 0.2) is 0 Å². The molecule has 4 N–H and O–H groups in total. The van der Waals surface area contributed by atoms with Crippen LogP contribution in [-0.4, -0.2) is 21.1 Å². The van der Waals surface area contributed by atoms with E-state index in [0.717, 1.165) is 17.3 Å². The number of aromatic amines is 1. The zero-order chi connectivity index (χ0) is 15.6. The molecule has 21 heavy (non-hydrogen) atoms. The van der Waals surface area contributed by atoms with E-state index in [1.54, 1.807) is 6.92 Å². The number of alkyl halides is 3. The minimum Gasteiger partial charge on any atom is -0.365 e. The lowest BCUT2D eigenvalue weighted by Crippen LogP contribution is -2.18. The molecular formula is C12H12F3N5O. The van der Waals surface area contributed by atoms with Gasteiger partial charge in [0.25, 0.3) is 5.91 Å². The molecule has 2 heterocycles. The van der Waals surface area contributed by atoms with E-state index in [4.69, 9.17) is 5.73 Å². The second-order valence-electron chi connectivity index (χ2n) is 4.33. The zero-order valence-corrected chi connectivity index (χ0v) is 11.0. The van der Waals surface area contributed by atoms with Crippen LogP contribution in [0.2, 0.25) is 0 Å². The number of amides is 1. The zero-order valence-electron chi connectivity index (χ0n) is 11.0. The van der Waals surface area contributed by atoms with Crippen LogP contribution < -0.4 is 11.1 Å². The molecule has 0 saturated carbocycles. The Balaban J connectivity index is 2.31. The van der Waals surface area contributed by atoms with E-state index in [9.17, 15) is 18.0 Å². The number of nitrogens with two attached hydrogens (primary N) is 1. The van der Waals surface area contributed by atoms with Gasteiger partial charge in [0.2, 0.25) is 0 Å². The first-order valence-electron chi connectivity index (χ1n) is 5.90. The Kier molecular flexibility index (Phi) is 3.83. The third-order valence-electron chi connectivity index (χ3n) is 2.83. The highest BCUT2D eigenvalue weighted by molar-refractivity contribution is 5.97. The van der Waals surface area contributed by atoms with Crippen LogP contribution in [0.25, 0.3) is 0 Å². The Labute approximate surface area is 117 Å². The van der Waals surface area contributed by atoms with Crippen LogP contribution >= 0.6 is 0 Å². The summed E-state index contributed by atoms with van der Waals surface area (Å²) in [5, 5.41) is 9.17. The first kappa shape index (κ1) is 14.8. The van der Waals surface area contributed by atoms with Crippen molar-refractivity contribution < 1.29 is 18.0 Å². The van der Waals surface area contributed by atoms with Crippen molar-refractivity contribution in [2.24, 2.45) is 5.73 Å². The SMILES string of the molecule is Cc1[nH]ncc1CNc1nc(C(F)(F)F)ccc1C(N)=O. The summed E-state index contributed by atoms with van der Waals surface area (Å²) in [6.45, 7) is 1.93. The predicted molar refractivity (Wildman–Crippen MR) is 68.4 cm³/mol. The molecule has 0 radical (unpaired) electrons. The van der Waals surface area contributed by atoms with Gasteiger partial charge in [-0.1, -0.05) is 0 Å². The van der Waals surface area contributed by atoms with Gasteiger partial charge < -0.3 is 11.1 Å². The minimum absolute atomic E-state index is 0.107. The van der Waals surface area contributed by atoms with Crippen LogP contribution in [0.3, 0.4) is 0 Å². The van der Waals surface area contributed by atoms with Crippen molar-refractivity contribution in [2.75, 3.05) is 5.32 Å². The molecule has 0 bridgehead atoms. The summed E-state index contributed by atoms with van der Waals surface area (Å²) in [6, 6.07) is 1.72. The molecule has 0 aliphatic rings. The van der Waals surface area contributed by atoms with Crippen molar-refractivity contribution in [3.63, 3.8) is 0 Å². The van der Waals surface area contributed by atoms with Gasteiger partial charge in [-0.25, -0.2) is 4.98 Å². The van der Waals surface area contributed by atoms with Gasteiger partial charge in [0.05, 0.1) is 11.8 Å². The van der Waals surface area contributed by atoms with E-state index < -0.39 is 17.8 Å². The lowest BCUT2D eigenvalue weighted by atomic mass is 10.2. The van der Waals surface area contributed by atoms with Gasteiger partial charge in [-0.3, -0.25) is 9.89 Å². The third kappa shape index (κ3) is 3.30.